The second-order valence-corrected chi connectivity index (χ2v) is 15.3. The van der Waals surface area contributed by atoms with Crippen LogP contribution in [0.25, 0.3) is 11.4 Å². The molecule has 1 N–H and O–H groups in total. The van der Waals surface area contributed by atoms with Gasteiger partial charge in [0.05, 0.1) is 70.6 Å². The van der Waals surface area contributed by atoms with Crippen molar-refractivity contribution in [3.05, 3.63) is 105 Å². The summed E-state index contributed by atoms with van der Waals surface area (Å²) in [7, 11) is -1.89. The van der Waals surface area contributed by atoms with Crippen LogP contribution in [0.15, 0.2) is 61.4 Å². The highest BCUT2D eigenvalue weighted by Gasteiger charge is 2.37. The van der Waals surface area contributed by atoms with Crippen LogP contribution in [0.5, 0.6) is 0 Å². The third-order valence-corrected chi connectivity index (χ3v) is 11.1. The Labute approximate surface area is 235 Å². The summed E-state index contributed by atoms with van der Waals surface area (Å²) in [5.41, 5.74) is 0.849. The standard InChI is InChI=1S/C16H22FN3O3Si.C10H8FN3O3/c1-16(2,3)24(4,5)23-10-12-9-19(11-18-12)15-7-6-13(20(21)22)8-14(15)17;11-9-3-8(14(16)17)1-2-10(9)13-4-7(5-15)12-6-13/h6-9,11H,10H2,1-5H3;1-4,6,15H,5H2. The molecule has 0 bridgehead atoms. The number of aromatic nitrogens is 4. The Bertz CT molecular complexity index is 1550. The first-order chi connectivity index (χ1) is 19.1. The average Bonchev–Trinajstić information content (AvgIpc) is 3.57. The zero-order valence-electron chi connectivity index (χ0n) is 23.1. The fourth-order valence-corrected chi connectivity index (χ4v) is 4.20. The number of halogens is 2. The molecular formula is C26H30F2N6O6Si. The van der Waals surface area contributed by atoms with Crippen LogP contribution in [-0.4, -0.2) is 42.4 Å². The van der Waals surface area contributed by atoms with Gasteiger partial charge in [-0.1, -0.05) is 20.8 Å². The minimum absolute atomic E-state index is 0.0973. The molecule has 4 rings (SSSR count). The molecule has 0 aliphatic heterocycles. The minimum atomic E-state index is -1.89. The van der Waals surface area contributed by atoms with Gasteiger partial charge in [0.25, 0.3) is 11.4 Å². The van der Waals surface area contributed by atoms with Crippen molar-refractivity contribution in [1.82, 2.24) is 19.1 Å². The van der Waals surface area contributed by atoms with Gasteiger partial charge >= 0.3 is 0 Å². The molecule has 2 aromatic heterocycles. The van der Waals surface area contributed by atoms with Gasteiger partial charge in [-0.2, -0.15) is 0 Å². The van der Waals surface area contributed by atoms with E-state index in [-0.39, 0.29) is 34.4 Å². The Kier molecular flexibility index (Phi) is 9.47. The molecular weight excluding hydrogens is 558 g/mol. The largest absolute Gasteiger partial charge is 0.411 e. The number of rotatable bonds is 8. The molecule has 2 heterocycles. The van der Waals surface area contributed by atoms with Crippen molar-refractivity contribution in [2.45, 2.75) is 52.1 Å². The Morgan fingerprint density at radius 1 is 0.878 bits per heavy atom. The van der Waals surface area contributed by atoms with Crippen LogP contribution >= 0.6 is 0 Å². The van der Waals surface area contributed by atoms with Gasteiger partial charge in [-0.15, -0.1) is 0 Å². The molecule has 15 heteroatoms. The molecule has 0 aliphatic rings. The van der Waals surface area contributed by atoms with E-state index in [9.17, 15) is 29.0 Å². The number of hydrogen-bond donors (Lipinski definition) is 1. The van der Waals surface area contributed by atoms with E-state index in [0.717, 1.165) is 12.1 Å². The molecule has 0 aliphatic carbocycles. The van der Waals surface area contributed by atoms with E-state index in [4.69, 9.17) is 9.53 Å². The van der Waals surface area contributed by atoms with E-state index in [1.165, 1.54) is 52.3 Å². The lowest BCUT2D eigenvalue weighted by atomic mass is 10.2. The molecule has 4 aromatic rings. The highest BCUT2D eigenvalue weighted by atomic mass is 28.4. The maximum atomic E-state index is 14.1. The number of benzene rings is 2. The summed E-state index contributed by atoms with van der Waals surface area (Å²) in [5.74, 6) is -1.39. The molecule has 0 fully saturated rings. The first kappa shape index (κ1) is 31.2. The highest BCUT2D eigenvalue weighted by Crippen LogP contribution is 2.37. The quantitative estimate of drug-likeness (QED) is 0.153. The maximum absolute atomic E-state index is 14.1. The number of non-ortho nitro benzene ring substituents is 2. The van der Waals surface area contributed by atoms with Gasteiger partial charge < -0.3 is 18.7 Å². The fraction of sp³-hybridized carbons (Fsp3) is 0.308. The average molecular weight is 589 g/mol. The molecule has 0 atom stereocenters. The number of imidazole rings is 2. The third-order valence-electron chi connectivity index (χ3n) is 6.66. The summed E-state index contributed by atoms with van der Waals surface area (Å²) in [6, 6.07) is 6.88. The Morgan fingerprint density at radius 2 is 1.32 bits per heavy atom. The molecule has 12 nitrogen and oxygen atoms in total. The topological polar surface area (TPSA) is 151 Å². The van der Waals surface area contributed by atoms with Gasteiger partial charge in [-0.25, -0.2) is 18.7 Å². The van der Waals surface area contributed by atoms with Crippen molar-refractivity contribution >= 4 is 19.7 Å². The summed E-state index contributed by atoms with van der Waals surface area (Å²) in [4.78, 5) is 27.9. The second kappa shape index (κ2) is 12.4. The fourth-order valence-electron chi connectivity index (χ4n) is 3.26. The third kappa shape index (κ3) is 7.65. The molecule has 0 spiro atoms. The lowest BCUT2D eigenvalue weighted by Crippen LogP contribution is -2.40. The summed E-state index contributed by atoms with van der Waals surface area (Å²) in [6.45, 7) is 10.9. The number of aliphatic hydroxyl groups is 1. The Hall–Kier alpha value is -4.34. The molecule has 41 heavy (non-hydrogen) atoms. The van der Waals surface area contributed by atoms with Gasteiger partial charge in [0.15, 0.2) is 20.0 Å². The van der Waals surface area contributed by atoms with Gasteiger partial charge in [0.2, 0.25) is 0 Å². The summed E-state index contributed by atoms with van der Waals surface area (Å²) in [5, 5.41) is 30.0. The van der Waals surface area contributed by atoms with Crippen molar-refractivity contribution in [1.29, 1.82) is 0 Å². The Morgan fingerprint density at radius 3 is 1.68 bits per heavy atom. The van der Waals surface area contributed by atoms with Crippen molar-refractivity contribution < 1.29 is 28.2 Å². The van der Waals surface area contributed by atoms with Crippen LogP contribution < -0.4 is 0 Å². The zero-order valence-corrected chi connectivity index (χ0v) is 24.1. The van der Waals surface area contributed by atoms with Crippen LogP contribution in [0.2, 0.25) is 18.1 Å². The maximum Gasteiger partial charge on any atom is 0.272 e. The molecule has 0 amide bonds. The van der Waals surface area contributed by atoms with Gasteiger partial charge in [0.1, 0.15) is 0 Å². The predicted octanol–water partition coefficient (Wildman–Crippen LogP) is 5.85. The summed E-state index contributed by atoms with van der Waals surface area (Å²) >= 11 is 0. The van der Waals surface area contributed by atoms with Crippen LogP contribution in [0.1, 0.15) is 32.2 Å². The first-order valence-corrected chi connectivity index (χ1v) is 15.2. The van der Waals surface area contributed by atoms with Gasteiger partial charge in [0, 0.05) is 24.5 Å². The van der Waals surface area contributed by atoms with Crippen molar-refractivity contribution in [2.24, 2.45) is 0 Å². The van der Waals surface area contributed by atoms with E-state index in [1.54, 1.807) is 6.20 Å². The monoisotopic (exact) mass is 588 g/mol. The molecule has 0 radical (unpaired) electrons. The second-order valence-electron chi connectivity index (χ2n) is 10.5. The summed E-state index contributed by atoms with van der Waals surface area (Å²) < 4.78 is 36.6. The number of nitrogens with zero attached hydrogens (tertiary/aromatic N) is 6. The lowest BCUT2D eigenvalue weighted by Gasteiger charge is -2.35. The summed E-state index contributed by atoms with van der Waals surface area (Å²) in [6.07, 6.45) is 5.94. The van der Waals surface area contributed by atoms with E-state index < -0.39 is 29.8 Å². The predicted molar refractivity (Wildman–Crippen MR) is 148 cm³/mol. The van der Waals surface area contributed by atoms with Gasteiger partial charge in [-0.3, -0.25) is 20.2 Å². The number of nitro benzene ring substituents is 2. The highest BCUT2D eigenvalue weighted by molar-refractivity contribution is 6.74. The van der Waals surface area contributed by atoms with Crippen molar-refractivity contribution in [3.8, 4) is 11.4 Å². The zero-order chi connectivity index (χ0) is 30.5. The van der Waals surface area contributed by atoms with Crippen LogP contribution in [0, 0.1) is 31.9 Å². The minimum Gasteiger partial charge on any atom is -0.411 e. The van der Waals surface area contributed by atoms with Crippen LogP contribution in [0.3, 0.4) is 0 Å². The Balaban J connectivity index is 0.000000239. The van der Waals surface area contributed by atoms with E-state index >= 15 is 0 Å². The van der Waals surface area contributed by atoms with E-state index in [2.05, 4.69) is 43.8 Å². The van der Waals surface area contributed by atoms with Crippen molar-refractivity contribution in [2.75, 3.05) is 0 Å². The first-order valence-electron chi connectivity index (χ1n) is 12.3. The SMILES string of the molecule is CC(C)(C)[Si](C)(C)OCc1cn(-c2ccc([N+](=O)[O-])cc2F)cn1.O=[N+]([O-])c1ccc(-n2cnc(CO)c2)c(F)c1. The van der Waals surface area contributed by atoms with E-state index in [1.807, 2.05) is 0 Å². The van der Waals surface area contributed by atoms with Crippen LogP contribution in [0.4, 0.5) is 20.2 Å². The number of hydrogen-bond acceptors (Lipinski definition) is 8. The van der Waals surface area contributed by atoms with Crippen molar-refractivity contribution in [3.63, 3.8) is 0 Å². The van der Waals surface area contributed by atoms with Crippen LogP contribution in [-0.2, 0) is 17.6 Å². The number of nitro groups is 2. The van der Waals surface area contributed by atoms with Gasteiger partial charge in [-0.05, 0) is 30.3 Å². The molecule has 2 aromatic carbocycles. The lowest BCUT2D eigenvalue weighted by molar-refractivity contribution is -0.385. The normalized spacial score (nSPS) is 11.6. The molecule has 0 saturated carbocycles. The smallest absolute Gasteiger partial charge is 0.272 e. The molecule has 0 unspecified atom stereocenters. The van der Waals surface area contributed by atoms with E-state index in [0.29, 0.717) is 18.0 Å². The molecule has 0 saturated heterocycles. The number of aliphatic hydroxyl groups excluding tert-OH is 1. The molecule has 218 valence electrons.